The Labute approximate surface area is 247 Å². The van der Waals surface area contributed by atoms with Gasteiger partial charge in [0.2, 0.25) is 10.0 Å². The molecule has 1 aliphatic heterocycles. The second kappa shape index (κ2) is 16.5. The molecule has 40 heavy (non-hydrogen) atoms. The first kappa shape index (κ1) is 32.6. The largest absolute Gasteiger partial charge is 0.378 e. The van der Waals surface area contributed by atoms with Crippen molar-refractivity contribution in [1.82, 2.24) is 20.3 Å². The summed E-state index contributed by atoms with van der Waals surface area (Å²) in [6.45, 7) is 5.99. The molecular weight excluding hydrogens is 575 g/mol. The van der Waals surface area contributed by atoms with E-state index in [9.17, 15) is 13.2 Å². The van der Waals surface area contributed by atoms with E-state index in [1.807, 2.05) is 19.2 Å². The molecule has 2 aromatic rings. The van der Waals surface area contributed by atoms with Crippen LogP contribution in [0.15, 0.2) is 41.3 Å². The summed E-state index contributed by atoms with van der Waals surface area (Å²) in [4.78, 5) is 14.0. The van der Waals surface area contributed by atoms with Crippen LogP contribution in [0.25, 0.3) is 0 Å². The van der Waals surface area contributed by atoms with Gasteiger partial charge in [-0.2, -0.15) is 0 Å². The zero-order valence-electron chi connectivity index (χ0n) is 23.2. The van der Waals surface area contributed by atoms with Crippen LogP contribution in [-0.2, 0) is 26.0 Å². The molecule has 0 bridgehead atoms. The minimum absolute atomic E-state index is 0.0567. The lowest BCUT2D eigenvalue weighted by Crippen LogP contribution is -2.37. The van der Waals surface area contributed by atoms with Crippen molar-refractivity contribution >= 4 is 39.3 Å². The average Bonchev–Trinajstić information content (AvgIpc) is 2.92. The van der Waals surface area contributed by atoms with Gasteiger partial charge in [0, 0.05) is 48.7 Å². The number of nitrogens with zero attached hydrogens (tertiary/aromatic N) is 1. The van der Waals surface area contributed by atoms with Gasteiger partial charge in [-0.25, -0.2) is 17.9 Å². The monoisotopic (exact) mass is 614 g/mol. The van der Waals surface area contributed by atoms with Crippen molar-refractivity contribution in [1.29, 1.82) is 0 Å². The fourth-order valence-corrected chi connectivity index (χ4v) is 6.20. The van der Waals surface area contributed by atoms with E-state index < -0.39 is 10.0 Å². The molecule has 0 spiro atoms. The maximum absolute atomic E-state index is 13.0. The normalized spacial score (nSPS) is 15.6. The molecule has 1 atom stereocenters. The molecule has 1 heterocycles. The number of ether oxygens (including phenoxy) is 2. The van der Waals surface area contributed by atoms with E-state index in [0.29, 0.717) is 49.5 Å². The van der Waals surface area contributed by atoms with E-state index in [2.05, 4.69) is 27.2 Å². The molecule has 0 radical (unpaired) electrons. The van der Waals surface area contributed by atoms with Crippen molar-refractivity contribution in [2.45, 2.75) is 43.5 Å². The van der Waals surface area contributed by atoms with Crippen LogP contribution in [0.3, 0.4) is 0 Å². The molecule has 0 fully saturated rings. The molecule has 3 rings (SSSR count). The summed E-state index contributed by atoms with van der Waals surface area (Å²) in [7, 11) is -1.71. The number of amides is 2. The molecule has 3 N–H and O–H groups in total. The second-order valence-corrected chi connectivity index (χ2v) is 12.4. The fraction of sp³-hybridized carbons (Fsp3) is 0.536. The maximum atomic E-state index is 13.0. The Hall–Kier alpha value is -1.92. The highest BCUT2D eigenvalue weighted by Gasteiger charge is 2.28. The Balaban J connectivity index is 1.39. The van der Waals surface area contributed by atoms with Crippen LogP contribution in [0.5, 0.6) is 0 Å². The van der Waals surface area contributed by atoms with Crippen LogP contribution in [0, 0.1) is 0 Å². The Morgan fingerprint density at radius 2 is 1.73 bits per heavy atom. The van der Waals surface area contributed by atoms with Gasteiger partial charge in [-0.1, -0.05) is 55.1 Å². The van der Waals surface area contributed by atoms with Gasteiger partial charge in [0.15, 0.2) is 0 Å². The van der Waals surface area contributed by atoms with Crippen molar-refractivity contribution in [3.63, 3.8) is 0 Å². The Kier molecular flexibility index (Phi) is 13.4. The first-order valence-corrected chi connectivity index (χ1v) is 15.9. The van der Waals surface area contributed by atoms with E-state index in [1.165, 1.54) is 0 Å². The average molecular weight is 616 g/mol. The van der Waals surface area contributed by atoms with Crippen molar-refractivity contribution in [2.75, 3.05) is 59.7 Å². The smallest absolute Gasteiger partial charge is 0.314 e. The van der Waals surface area contributed by atoms with Gasteiger partial charge in [0.1, 0.15) is 0 Å². The van der Waals surface area contributed by atoms with Crippen molar-refractivity contribution in [3.05, 3.63) is 63.1 Å². The standard InChI is InChI=1S/C28H40Cl2N4O5S/c1-3-4-5-9-31-28(35)32-10-12-38-14-15-39-13-11-33-40(36,37)23-8-6-7-21(16-23)25-19-34(2)20-26-24(25)17-22(29)18-27(26)30/h6-8,16-18,25,33H,3-5,9-15,19-20H2,1-2H3,(H2,31,32,35)/t25-/m0/s1. The summed E-state index contributed by atoms with van der Waals surface area (Å²) in [5.41, 5.74) is 2.91. The third-order valence-corrected chi connectivity index (χ3v) is 8.59. The highest BCUT2D eigenvalue weighted by Crippen LogP contribution is 2.38. The molecule has 0 saturated heterocycles. The molecule has 222 valence electrons. The van der Waals surface area contributed by atoms with Gasteiger partial charge >= 0.3 is 6.03 Å². The van der Waals surface area contributed by atoms with E-state index in [1.54, 1.807) is 24.3 Å². The van der Waals surface area contributed by atoms with Crippen LogP contribution in [0.1, 0.15) is 48.8 Å². The number of carbonyl (C=O) groups is 1. The number of sulfonamides is 1. The van der Waals surface area contributed by atoms with Crippen LogP contribution in [-0.4, -0.2) is 79.0 Å². The van der Waals surface area contributed by atoms with E-state index in [4.69, 9.17) is 32.7 Å². The molecule has 0 aromatic heterocycles. The summed E-state index contributed by atoms with van der Waals surface area (Å²) in [5, 5.41) is 6.71. The van der Waals surface area contributed by atoms with Crippen LogP contribution >= 0.6 is 23.2 Å². The van der Waals surface area contributed by atoms with Gasteiger partial charge < -0.3 is 25.0 Å². The number of halogens is 2. The van der Waals surface area contributed by atoms with Crippen LogP contribution < -0.4 is 15.4 Å². The molecule has 12 heteroatoms. The molecule has 2 aromatic carbocycles. The lowest BCUT2D eigenvalue weighted by Gasteiger charge is -2.33. The third kappa shape index (κ3) is 10.2. The zero-order chi connectivity index (χ0) is 29.0. The quantitative estimate of drug-likeness (QED) is 0.242. The Morgan fingerprint density at radius 1 is 1.00 bits per heavy atom. The first-order chi connectivity index (χ1) is 19.2. The summed E-state index contributed by atoms with van der Waals surface area (Å²) in [6.07, 6.45) is 3.18. The SMILES string of the molecule is CCCCCNC(=O)NCCOCCOCCNS(=O)(=O)c1cccc([C@@H]2CN(C)Cc3c(Cl)cc(Cl)cc32)c1. The topological polar surface area (TPSA) is 109 Å². The predicted molar refractivity (Wildman–Crippen MR) is 159 cm³/mol. The number of likely N-dealkylation sites (N-methyl/N-ethyl adjacent to an activating group) is 1. The minimum atomic E-state index is -3.72. The number of nitrogens with one attached hydrogen (secondary N) is 3. The van der Waals surface area contributed by atoms with Gasteiger partial charge in [-0.15, -0.1) is 0 Å². The van der Waals surface area contributed by atoms with Crippen molar-refractivity contribution < 1.29 is 22.7 Å². The summed E-state index contributed by atoms with van der Waals surface area (Å²) in [5.74, 6) is -0.0567. The number of carbonyl (C=O) groups excluding carboxylic acids is 1. The number of hydrogen-bond acceptors (Lipinski definition) is 6. The van der Waals surface area contributed by atoms with Gasteiger partial charge in [-0.05, 0) is 54.4 Å². The van der Waals surface area contributed by atoms with Gasteiger partial charge in [-0.3, -0.25) is 0 Å². The number of fused-ring (bicyclic) bond motifs is 1. The minimum Gasteiger partial charge on any atom is -0.378 e. The first-order valence-electron chi connectivity index (χ1n) is 13.6. The van der Waals surface area contributed by atoms with Crippen molar-refractivity contribution in [2.24, 2.45) is 0 Å². The maximum Gasteiger partial charge on any atom is 0.314 e. The molecule has 0 unspecified atom stereocenters. The third-order valence-electron chi connectivity index (χ3n) is 6.57. The number of rotatable bonds is 16. The highest BCUT2D eigenvalue weighted by molar-refractivity contribution is 7.89. The molecular formula is C28H40Cl2N4O5S. The van der Waals surface area contributed by atoms with E-state index in [-0.39, 0.29) is 30.0 Å². The van der Waals surface area contributed by atoms with Crippen LogP contribution in [0.4, 0.5) is 4.79 Å². The number of hydrogen-bond donors (Lipinski definition) is 3. The molecule has 0 saturated carbocycles. The predicted octanol–water partition coefficient (Wildman–Crippen LogP) is 4.37. The summed E-state index contributed by atoms with van der Waals surface area (Å²) >= 11 is 12.8. The summed E-state index contributed by atoms with van der Waals surface area (Å²) in [6, 6.07) is 10.4. The highest BCUT2D eigenvalue weighted by atomic mass is 35.5. The summed E-state index contributed by atoms with van der Waals surface area (Å²) < 4.78 is 39.4. The molecule has 1 aliphatic rings. The lowest BCUT2D eigenvalue weighted by atomic mass is 9.85. The van der Waals surface area contributed by atoms with Crippen molar-refractivity contribution in [3.8, 4) is 0 Å². The molecule has 0 aliphatic carbocycles. The lowest BCUT2D eigenvalue weighted by molar-refractivity contribution is 0.0516. The van der Waals surface area contributed by atoms with Gasteiger partial charge in [0.05, 0.1) is 31.3 Å². The zero-order valence-corrected chi connectivity index (χ0v) is 25.5. The van der Waals surface area contributed by atoms with Crippen LogP contribution in [0.2, 0.25) is 10.0 Å². The fourth-order valence-electron chi connectivity index (χ4n) is 4.56. The number of urea groups is 1. The number of unbranched alkanes of at least 4 members (excludes halogenated alkanes) is 2. The molecule has 2 amide bonds. The van der Waals surface area contributed by atoms with E-state index >= 15 is 0 Å². The number of benzene rings is 2. The Bertz CT molecular complexity index is 1220. The Morgan fingerprint density at radius 3 is 2.48 bits per heavy atom. The second-order valence-electron chi connectivity index (χ2n) is 9.79. The molecule has 9 nitrogen and oxygen atoms in total. The van der Waals surface area contributed by atoms with Gasteiger partial charge in [0.25, 0.3) is 0 Å². The van der Waals surface area contributed by atoms with E-state index in [0.717, 1.165) is 42.5 Å².